The van der Waals surface area contributed by atoms with Crippen LogP contribution in [0.3, 0.4) is 0 Å². The summed E-state index contributed by atoms with van der Waals surface area (Å²) in [6.07, 6.45) is 1.70. The van der Waals surface area contributed by atoms with Gasteiger partial charge in [-0.25, -0.2) is 4.98 Å². The smallest absolute Gasteiger partial charge is 0.293 e. The van der Waals surface area contributed by atoms with Crippen LogP contribution in [0.4, 0.5) is 28.6 Å². The van der Waals surface area contributed by atoms with Gasteiger partial charge in [0.25, 0.3) is 11.5 Å². The summed E-state index contributed by atoms with van der Waals surface area (Å²) in [7, 11) is 1.69. The number of nitrogens with zero attached hydrogens (tertiary/aromatic N) is 3. The lowest BCUT2D eigenvalue weighted by Crippen LogP contribution is -2.36. The van der Waals surface area contributed by atoms with Crippen molar-refractivity contribution in [3.8, 4) is 11.3 Å². The van der Waals surface area contributed by atoms with Gasteiger partial charge in [-0.1, -0.05) is 45.0 Å². The average molecular weight is 567 g/mol. The van der Waals surface area contributed by atoms with E-state index in [0.717, 1.165) is 35.5 Å². The molecule has 9 nitrogen and oxygen atoms in total. The van der Waals surface area contributed by atoms with Gasteiger partial charge in [0.15, 0.2) is 5.82 Å². The fourth-order valence-electron chi connectivity index (χ4n) is 5.04. The van der Waals surface area contributed by atoms with E-state index in [4.69, 9.17) is 10.5 Å². The molecule has 1 saturated heterocycles. The number of nitrogen functional groups attached to an aromatic ring is 1. The largest absolute Gasteiger partial charge is 0.397 e. The monoisotopic (exact) mass is 566 g/mol. The summed E-state index contributed by atoms with van der Waals surface area (Å²) >= 11 is 0. The van der Waals surface area contributed by atoms with Crippen molar-refractivity contribution in [2.24, 2.45) is 7.05 Å². The number of hydrogen-bond acceptors (Lipinski definition) is 7. The second kappa shape index (κ2) is 11.7. The molecule has 1 amide bonds. The molecule has 42 heavy (non-hydrogen) atoms. The first-order valence-electron chi connectivity index (χ1n) is 14.1. The summed E-state index contributed by atoms with van der Waals surface area (Å²) in [5.74, 6) is -0.00843. The second-order valence-corrected chi connectivity index (χ2v) is 11.6. The van der Waals surface area contributed by atoms with Crippen molar-refractivity contribution in [1.29, 1.82) is 0 Å². The van der Waals surface area contributed by atoms with Gasteiger partial charge in [-0.3, -0.25) is 9.59 Å². The third-order valence-corrected chi connectivity index (χ3v) is 7.58. The minimum atomic E-state index is -0.268. The number of carbonyl (C=O) groups excluding carboxylic acids is 1. The Morgan fingerprint density at radius 2 is 1.74 bits per heavy atom. The van der Waals surface area contributed by atoms with Gasteiger partial charge in [-0.15, -0.1) is 0 Å². The number of aryl methyl sites for hydroxylation is 1. The Labute approximate surface area is 246 Å². The molecule has 218 valence electrons. The van der Waals surface area contributed by atoms with E-state index in [9.17, 15) is 9.59 Å². The topological polar surface area (TPSA) is 115 Å². The number of nitrogens with two attached hydrogens (primary N) is 1. The molecule has 9 heteroatoms. The van der Waals surface area contributed by atoms with Gasteiger partial charge in [0.2, 0.25) is 0 Å². The fourth-order valence-corrected chi connectivity index (χ4v) is 5.04. The molecule has 5 rings (SSSR count). The number of nitrogens with one attached hydrogen (secondary N) is 2. The minimum Gasteiger partial charge on any atom is -0.397 e. The number of carbonyl (C=O) groups is 1. The highest BCUT2D eigenvalue weighted by Crippen LogP contribution is 2.31. The number of amides is 1. The molecule has 0 radical (unpaired) electrons. The highest BCUT2D eigenvalue weighted by Gasteiger charge is 2.18. The van der Waals surface area contributed by atoms with Crippen LogP contribution in [0.2, 0.25) is 0 Å². The second-order valence-electron chi connectivity index (χ2n) is 11.6. The van der Waals surface area contributed by atoms with Crippen molar-refractivity contribution >= 4 is 34.5 Å². The highest BCUT2D eigenvalue weighted by molar-refractivity contribution is 6.05. The molecule has 0 bridgehead atoms. The zero-order chi connectivity index (χ0) is 30.0. The summed E-state index contributed by atoms with van der Waals surface area (Å²) in [4.78, 5) is 33.0. The molecule has 1 aliphatic heterocycles. The Kier molecular flexibility index (Phi) is 8.04. The molecular formula is C33H38N6O3. The molecule has 0 atom stereocenters. The van der Waals surface area contributed by atoms with Crippen LogP contribution in [0, 0.1) is 6.92 Å². The van der Waals surface area contributed by atoms with Crippen LogP contribution in [0.15, 0.2) is 71.7 Å². The first kappa shape index (κ1) is 28.9. The Morgan fingerprint density at radius 1 is 1.02 bits per heavy atom. The number of ether oxygens (including phenoxy) is 1. The highest BCUT2D eigenvalue weighted by atomic mass is 16.5. The zero-order valence-corrected chi connectivity index (χ0v) is 24.8. The molecule has 0 unspecified atom stereocenters. The van der Waals surface area contributed by atoms with Gasteiger partial charge in [-0.05, 0) is 59.9 Å². The van der Waals surface area contributed by atoms with E-state index < -0.39 is 0 Å². The summed E-state index contributed by atoms with van der Waals surface area (Å²) in [6, 6.07) is 19.0. The summed E-state index contributed by atoms with van der Waals surface area (Å²) in [5.41, 5.74) is 13.0. The maximum atomic E-state index is 13.1. The van der Waals surface area contributed by atoms with E-state index >= 15 is 0 Å². The lowest BCUT2D eigenvalue weighted by atomic mass is 9.86. The van der Waals surface area contributed by atoms with Crippen molar-refractivity contribution in [2.45, 2.75) is 33.1 Å². The number of hydrogen-bond donors (Lipinski definition) is 3. The van der Waals surface area contributed by atoms with E-state index in [1.807, 2.05) is 67.6 Å². The van der Waals surface area contributed by atoms with Crippen molar-refractivity contribution in [1.82, 2.24) is 9.55 Å². The van der Waals surface area contributed by atoms with Crippen LogP contribution >= 0.6 is 0 Å². The minimum absolute atomic E-state index is 0.00931. The zero-order valence-electron chi connectivity index (χ0n) is 24.8. The molecule has 1 aliphatic rings. The molecule has 3 aromatic carbocycles. The maximum Gasteiger partial charge on any atom is 0.293 e. The van der Waals surface area contributed by atoms with Crippen LogP contribution in [0.1, 0.15) is 42.3 Å². The van der Waals surface area contributed by atoms with Crippen LogP contribution in [0.5, 0.6) is 0 Å². The molecule has 4 aromatic rings. The number of morpholine rings is 1. The van der Waals surface area contributed by atoms with Crippen molar-refractivity contribution in [3.63, 3.8) is 0 Å². The van der Waals surface area contributed by atoms with Gasteiger partial charge in [0, 0.05) is 48.8 Å². The lowest BCUT2D eigenvalue weighted by Gasteiger charge is -2.30. The number of aromatic nitrogens is 2. The van der Waals surface area contributed by atoms with Crippen molar-refractivity contribution in [2.75, 3.05) is 47.6 Å². The molecule has 1 fully saturated rings. The van der Waals surface area contributed by atoms with Gasteiger partial charge < -0.3 is 30.6 Å². The normalized spacial score (nSPS) is 13.6. The maximum absolute atomic E-state index is 13.1. The quantitative estimate of drug-likeness (QED) is 0.265. The van der Waals surface area contributed by atoms with E-state index in [2.05, 4.69) is 41.3 Å². The Hall–Kier alpha value is -4.63. The predicted molar refractivity (Wildman–Crippen MR) is 170 cm³/mol. The van der Waals surface area contributed by atoms with Gasteiger partial charge in [-0.2, -0.15) is 0 Å². The van der Waals surface area contributed by atoms with Crippen LogP contribution in [-0.2, 0) is 17.2 Å². The Balaban J connectivity index is 1.39. The van der Waals surface area contributed by atoms with E-state index in [1.54, 1.807) is 13.2 Å². The molecule has 0 saturated carbocycles. The Bertz CT molecular complexity index is 1670. The molecule has 4 N–H and O–H groups in total. The number of benzene rings is 3. The standard InChI is InChI=1S/C33H38N6O3/c1-21-25(7-6-8-27(21)37-31(40)22-9-11-23(12-10-22)33(2,3)4)28-20-38(5)32(41)30(36-28)35-24-13-14-29(26(34)19-24)39-15-17-42-18-16-39/h6-14,19-20H,15-18,34H2,1-5H3,(H,35,36)(H,37,40). The molecule has 0 spiro atoms. The first-order chi connectivity index (χ1) is 20.0. The average Bonchev–Trinajstić information content (AvgIpc) is 2.96. The molecular weight excluding hydrogens is 528 g/mol. The van der Waals surface area contributed by atoms with Gasteiger partial charge in [0.1, 0.15) is 0 Å². The predicted octanol–water partition coefficient (Wildman–Crippen LogP) is 5.47. The SMILES string of the molecule is Cc1c(NC(=O)c2ccc(C(C)(C)C)cc2)cccc1-c1cn(C)c(=O)c(Nc2ccc(N3CCOCC3)c(N)c2)n1. The van der Waals surface area contributed by atoms with Crippen LogP contribution in [-0.4, -0.2) is 41.8 Å². The van der Waals surface area contributed by atoms with Crippen molar-refractivity contribution in [3.05, 3.63) is 93.9 Å². The van der Waals surface area contributed by atoms with Gasteiger partial charge in [0.05, 0.1) is 30.3 Å². The fraction of sp³-hybridized carbons (Fsp3) is 0.303. The van der Waals surface area contributed by atoms with E-state index in [0.29, 0.717) is 41.5 Å². The van der Waals surface area contributed by atoms with Gasteiger partial charge >= 0.3 is 0 Å². The van der Waals surface area contributed by atoms with Crippen LogP contribution in [0.25, 0.3) is 11.3 Å². The summed E-state index contributed by atoms with van der Waals surface area (Å²) in [6.45, 7) is 11.3. The van der Waals surface area contributed by atoms with E-state index in [1.165, 1.54) is 4.57 Å². The van der Waals surface area contributed by atoms with E-state index in [-0.39, 0.29) is 22.7 Å². The lowest BCUT2D eigenvalue weighted by molar-refractivity contribution is 0.102. The number of rotatable bonds is 6. The molecule has 2 heterocycles. The van der Waals surface area contributed by atoms with Crippen LogP contribution < -0.4 is 26.8 Å². The third kappa shape index (κ3) is 6.16. The molecule has 0 aliphatic carbocycles. The Morgan fingerprint density at radius 3 is 2.40 bits per heavy atom. The first-order valence-corrected chi connectivity index (χ1v) is 14.1. The van der Waals surface area contributed by atoms with Crippen molar-refractivity contribution < 1.29 is 9.53 Å². The summed E-state index contributed by atoms with van der Waals surface area (Å²) in [5, 5.41) is 6.20. The number of anilines is 5. The third-order valence-electron chi connectivity index (χ3n) is 7.58. The molecule has 1 aromatic heterocycles. The summed E-state index contributed by atoms with van der Waals surface area (Å²) < 4.78 is 6.94.